The molecule has 0 radical (unpaired) electrons. The minimum atomic E-state index is -0.642. The summed E-state index contributed by atoms with van der Waals surface area (Å²) in [5.74, 6) is -1.18. The largest absolute Gasteiger partial charge is 0.465 e. The van der Waals surface area contributed by atoms with Crippen LogP contribution in [-0.4, -0.2) is 13.1 Å². The number of aryl methyl sites for hydroxylation is 1. The average molecular weight is 261 g/mol. The molecule has 0 aromatic heterocycles. The van der Waals surface area contributed by atoms with Gasteiger partial charge in [-0.3, -0.25) is 0 Å². The zero-order chi connectivity index (χ0) is 10.7. The Morgan fingerprint density at radius 1 is 1.57 bits per heavy atom. The van der Waals surface area contributed by atoms with E-state index in [0.717, 1.165) is 5.56 Å². The fraction of sp³-hybridized carbons (Fsp3) is 0.300. The number of rotatable bonds is 2. The first-order valence-electron chi connectivity index (χ1n) is 4.03. The molecule has 0 saturated carbocycles. The number of halogens is 2. The summed E-state index contributed by atoms with van der Waals surface area (Å²) in [5.41, 5.74) is 1.40. The Morgan fingerprint density at radius 2 is 2.21 bits per heavy atom. The third kappa shape index (κ3) is 2.12. The van der Waals surface area contributed by atoms with Gasteiger partial charge in [0.25, 0.3) is 0 Å². The predicted octanol–water partition coefficient (Wildman–Crippen LogP) is 2.82. The topological polar surface area (TPSA) is 26.3 Å². The van der Waals surface area contributed by atoms with E-state index in [9.17, 15) is 9.18 Å². The SMILES string of the molecule is COC(=O)c1c(F)cc(C)cc1CBr. The van der Waals surface area contributed by atoms with Crippen molar-refractivity contribution in [3.8, 4) is 0 Å². The third-order valence-electron chi connectivity index (χ3n) is 1.85. The Balaban J connectivity index is 3.32. The van der Waals surface area contributed by atoms with Crippen molar-refractivity contribution in [2.45, 2.75) is 12.3 Å². The monoisotopic (exact) mass is 260 g/mol. The number of carbonyl (C=O) groups is 1. The molecule has 0 aliphatic rings. The maximum absolute atomic E-state index is 13.4. The van der Waals surface area contributed by atoms with Gasteiger partial charge < -0.3 is 4.74 Å². The van der Waals surface area contributed by atoms with Crippen LogP contribution >= 0.6 is 15.9 Å². The van der Waals surface area contributed by atoms with Crippen LogP contribution in [0.15, 0.2) is 12.1 Å². The molecule has 0 N–H and O–H groups in total. The molecule has 0 unspecified atom stereocenters. The summed E-state index contributed by atoms with van der Waals surface area (Å²) in [7, 11) is 1.24. The molecule has 0 fully saturated rings. The summed E-state index contributed by atoms with van der Waals surface area (Å²) in [5, 5.41) is 0.427. The van der Waals surface area contributed by atoms with Gasteiger partial charge in [-0.1, -0.05) is 22.0 Å². The number of hydrogen-bond acceptors (Lipinski definition) is 2. The fourth-order valence-electron chi connectivity index (χ4n) is 1.25. The van der Waals surface area contributed by atoms with Crippen molar-refractivity contribution in [1.82, 2.24) is 0 Å². The van der Waals surface area contributed by atoms with E-state index in [-0.39, 0.29) is 5.56 Å². The van der Waals surface area contributed by atoms with E-state index in [1.807, 2.05) is 0 Å². The van der Waals surface area contributed by atoms with Gasteiger partial charge in [0.1, 0.15) is 5.82 Å². The van der Waals surface area contributed by atoms with Crippen molar-refractivity contribution in [3.63, 3.8) is 0 Å². The van der Waals surface area contributed by atoms with Crippen LogP contribution in [0.5, 0.6) is 0 Å². The van der Waals surface area contributed by atoms with Gasteiger partial charge in [-0.25, -0.2) is 9.18 Å². The lowest BCUT2D eigenvalue weighted by Gasteiger charge is -2.07. The minimum Gasteiger partial charge on any atom is -0.465 e. The van der Waals surface area contributed by atoms with Crippen LogP contribution in [0.4, 0.5) is 4.39 Å². The number of hydrogen-bond donors (Lipinski definition) is 0. The highest BCUT2D eigenvalue weighted by atomic mass is 79.9. The van der Waals surface area contributed by atoms with Gasteiger partial charge in [0.2, 0.25) is 0 Å². The molecule has 0 aliphatic heterocycles. The zero-order valence-electron chi connectivity index (χ0n) is 7.93. The van der Waals surface area contributed by atoms with Crippen LogP contribution in [-0.2, 0) is 10.1 Å². The summed E-state index contributed by atoms with van der Waals surface area (Å²) < 4.78 is 17.9. The first kappa shape index (κ1) is 11.2. The second-order valence-electron chi connectivity index (χ2n) is 2.91. The van der Waals surface area contributed by atoms with Crippen molar-refractivity contribution >= 4 is 21.9 Å². The highest BCUT2D eigenvalue weighted by Crippen LogP contribution is 2.19. The molecule has 0 amide bonds. The first-order valence-corrected chi connectivity index (χ1v) is 5.15. The standard InChI is InChI=1S/C10H10BrFO2/c1-6-3-7(5-11)9(8(12)4-6)10(13)14-2/h3-4H,5H2,1-2H3. The fourth-order valence-corrected chi connectivity index (χ4v) is 1.69. The molecule has 1 rings (SSSR count). The minimum absolute atomic E-state index is 0.00924. The molecule has 0 bridgehead atoms. The normalized spacial score (nSPS) is 10.0. The van der Waals surface area contributed by atoms with Crippen LogP contribution in [0.3, 0.4) is 0 Å². The summed E-state index contributed by atoms with van der Waals surface area (Å²) in [6, 6.07) is 3.07. The van der Waals surface area contributed by atoms with Gasteiger partial charge in [0.05, 0.1) is 12.7 Å². The van der Waals surface area contributed by atoms with Gasteiger partial charge >= 0.3 is 5.97 Å². The smallest absolute Gasteiger partial charge is 0.341 e. The van der Waals surface area contributed by atoms with Crippen LogP contribution in [0.1, 0.15) is 21.5 Å². The van der Waals surface area contributed by atoms with Crippen LogP contribution < -0.4 is 0 Å². The summed E-state index contributed by atoms with van der Waals surface area (Å²) in [6.45, 7) is 1.77. The molecule has 0 spiro atoms. The first-order chi connectivity index (χ1) is 6.60. The van der Waals surface area contributed by atoms with E-state index >= 15 is 0 Å². The molecule has 4 heteroatoms. The molecular formula is C10H10BrFO2. The van der Waals surface area contributed by atoms with E-state index in [0.29, 0.717) is 10.9 Å². The van der Waals surface area contributed by atoms with Crippen molar-refractivity contribution in [3.05, 3.63) is 34.6 Å². The zero-order valence-corrected chi connectivity index (χ0v) is 9.52. The van der Waals surface area contributed by atoms with Crippen molar-refractivity contribution in [1.29, 1.82) is 0 Å². The van der Waals surface area contributed by atoms with E-state index in [2.05, 4.69) is 20.7 Å². The summed E-state index contributed by atoms with van der Waals surface area (Å²) in [4.78, 5) is 11.2. The van der Waals surface area contributed by atoms with Gasteiger partial charge in [-0.15, -0.1) is 0 Å². The number of methoxy groups -OCH3 is 1. The lowest BCUT2D eigenvalue weighted by atomic mass is 10.1. The Bertz CT molecular complexity index is 363. The number of alkyl halides is 1. The second-order valence-corrected chi connectivity index (χ2v) is 3.47. The van der Waals surface area contributed by atoms with E-state index in [1.54, 1.807) is 13.0 Å². The molecule has 0 saturated heterocycles. The Kier molecular flexibility index (Phi) is 3.63. The van der Waals surface area contributed by atoms with Crippen LogP contribution in [0.2, 0.25) is 0 Å². The maximum Gasteiger partial charge on any atom is 0.341 e. The van der Waals surface area contributed by atoms with Crippen molar-refractivity contribution < 1.29 is 13.9 Å². The molecular weight excluding hydrogens is 251 g/mol. The molecule has 14 heavy (non-hydrogen) atoms. The van der Waals surface area contributed by atoms with Gasteiger partial charge in [-0.2, -0.15) is 0 Å². The third-order valence-corrected chi connectivity index (χ3v) is 2.45. The summed E-state index contributed by atoms with van der Waals surface area (Å²) >= 11 is 3.20. The Morgan fingerprint density at radius 3 is 2.71 bits per heavy atom. The summed E-state index contributed by atoms with van der Waals surface area (Å²) in [6.07, 6.45) is 0. The quantitative estimate of drug-likeness (QED) is 0.604. The van der Waals surface area contributed by atoms with Gasteiger partial charge in [0, 0.05) is 5.33 Å². The molecule has 1 aromatic carbocycles. The van der Waals surface area contributed by atoms with Gasteiger partial charge in [-0.05, 0) is 24.1 Å². The molecule has 2 nitrogen and oxygen atoms in total. The Labute approximate surface area is 90.2 Å². The molecule has 0 atom stereocenters. The van der Waals surface area contributed by atoms with Crippen LogP contribution in [0.25, 0.3) is 0 Å². The number of carbonyl (C=O) groups excluding carboxylic acids is 1. The Hall–Kier alpha value is -0.900. The van der Waals surface area contributed by atoms with Crippen molar-refractivity contribution in [2.75, 3.05) is 7.11 Å². The van der Waals surface area contributed by atoms with Crippen molar-refractivity contribution in [2.24, 2.45) is 0 Å². The number of benzene rings is 1. The van der Waals surface area contributed by atoms with E-state index in [1.165, 1.54) is 13.2 Å². The lowest BCUT2D eigenvalue weighted by Crippen LogP contribution is -2.08. The molecule has 0 aliphatic carbocycles. The maximum atomic E-state index is 13.4. The highest BCUT2D eigenvalue weighted by Gasteiger charge is 2.17. The predicted molar refractivity (Wildman–Crippen MR) is 55.1 cm³/mol. The van der Waals surface area contributed by atoms with Crippen LogP contribution in [0, 0.1) is 12.7 Å². The average Bonchev–Trinajstić information content (AvgIpc) is 2.15. The highest BCUT2D eigenvalue weighted by molar-refractivity contribution is 9.08. The van der Waals surface area contributed by atoms with E-state index < -0.39 is 11.8 Å². The molecule has 1 aromatic rings. The number of ether oxygens (including phenoxy) is 1. The molecule has 0 heterocycles. The van der Waals surface area contributed by atoms with E-state index in [4.69, 9.17) is 0 Å². The second kappa shape index (κ2) is 4.55. The number of esters is 1. The molecule has 76 valence electrons. The van der Waals surface area contributed by atoms with Gasteiger partial charge in [0.15, 0.2) is 0 Å². The lowest BCUT2D eigenvalue weighted by molar-refractivity contribution is 0.0594.